The number of nitrogens with one attached hydrogen (secondary N) is 1. The standard InChI is InChI=1S/C16H25N3O2/c17-16(6-4-7-16)11-15(20)18-12-13(14-5-3-10-21-14)19-8-1-2-9-19/h3,5,10,13H,1-2,4,6-9,11-12,17H2,(H,18,20). The molecule has 1 aliphatic carbocycles. The molecular weight excluding hydrogens is 266 g/mol. The van der Waals surface area contributed by atoms with Crippen LogP contribution in [0.3, 0.4) is 0 Å². The van der Waals surface area contributed by atoms with E-state index in [1.165, 1.54) is 12.8 Å². The van der Waals surface area contributed by atoms with Gasteiger partial charge in [-0.1, -0.05) is 0 Å². The van der Waals surface area contributed by atoms with E-state index in [4.69, 9.17) is 10.2 Å². The van der Waals surface area contributed by atoms with Crippen LogP contribution in [0.4, 0.5) is 0 Å². The third-order valence-electron chi connectivity index (χ3n) is 4.81. The molecule has 0 radical (unpaired) electrons. The minimum Gasteiger partial charge on any atom is -0.468 e. The van der Waals surface area contributed by atoms with Gasteiger partial charge < -0.3 is 15.5 Å². The molecule has 0 aromatic carbocycles. The quantitative estimate of drug-likeness (QED) is 0.838. The second kappa shape index (κ2) is 6.20. The van der Waals surface area contributed by atoms with Crippen LogP contribution in [-0.2, 0) is 4.79 Å². The summed E-state index contributed by atoms with van der Waals surface area (Å²) in [6, 6.07) is 4.04. The molecule has 1 amide bonds. The molecule has 3 N–H and O–H groups in total. The Morgan fingerprint density at radius 3 is 2.71 bits per heavy atom. The molecule has 21 heavy (non-hydrogen) atoms. The van der Waals surface area contributed by atoms with Gasteiger partial charge in [0.25, 0.3) is 0 Å². The van der Waals surface area contributed by atoms with Crippen molar-refractivity contribution in [1.82, 2.24) is 10.2 Å². The van der Waals surface area contributed by atoms with Gasteiger partial charge in [-0.15, -0.1) is 0 Å². The summed E-state index contributed by atoms with van der Waals surface area (Å²) in [6.07, 6.45) is 7.66. The minimum atomic E-state index is -0.252. The summed E-state index contributed by atoms with van der Waals surface area (Å²) in [5.74, 6) is 0.997. The normalized spacial score (nSPS) is 22.7. The molecule has 1 aromatic rings. The van der Waals surface area contributed by atoms with Gasteiger partial charge in [-0.05, 0) is 57.3 Å². The molecule has 116 valence electrons. The predicted molar refractivity (Wildman–Crippen MR) is 80.7 cm³/mol. The number of furan rings is 1. The van der Waals surface area contributed by atoms with Crippen molar-refractivity contribution in [2.24, 2.45) is 5.73 Å². The van der Waals surface area contributed by atoms with Crippen molar-refractivity contribution in [3.63, 3.8) is 0 Å². The van der Waals surface area contributed by atoms with Gasteiger partial charge in [-0.2, -0.15) is 0 Å². The highest BCUT2D eigenvalue weighted by Gasteiger charge is 2.35. The summed E-state index contributed by atoms with van der Waals surface area (Å²) >= 11 is 0. The molecule has 0 spiro atoms. The number of nitrogens with zero attached hydrogens (tertiary/aromatic N) is 1. The van der Waals surface area contributed by atoms with Gasteiger partial charge in [-0.3, -0.25) is 9.69 Å². The first-order valence-electron chi connectivity index (χ1n) is 7.99. The highest BCUT2D eigenvalue weighted by atomic mass is 16.3. The van der Waals surface area contributed by atoms with E-state index in [0.29, 0.717) is 13.0 Å². The van der Waals surface area contributed by atoms with E-state index in [0.717, 1.165) is 38.1 Å². The summed E-state index contributed by atoms with van der Waals surface area (Å²) in [6.45, 7) is 2.74. The minimum absolute atomic E-state index is 0.0629. The number of nitrogens with two attached hydrogens (primary N) is 1. The highest BCUT2D eigenvalue weighted by Crippen LogP contribution is 2.32. The Morgan fingerprint density at radius 1 is 1.38 bits per heavy atom. The first kappa shape index (κ1) is 14.6. The van der Waals surface area contributed by atoms with Crippen molar-refractivity contribution in [3.8, 4) is 0 Å². The number of hydrogen-bond donors (Lipinski definition) is 2. The average Bonchev–Trinajstić information content (AvgIpc) is 3.10. The van der Waals surface area contributed by atoms with E-state index in [1.807, 2.05) is 12.1 Å². The zero-order valence-corrected chi connectivity index (χ0v) is 12.5. The summed E-state index contributed by atoms with van der Waals surface area (Å²) in [4.78, 5) is 14.5. The third-order valence-corrected chi connectivity index (χ3v) is 4.81. The van der Waals surface area contributed by atoms with Crippen molar-refractivity contribution in [3.05, 3.63) is 24.2 Å². The Morgan fingerprint density at radius 2 is 2.14 bits per heavy atom. The fraction of sp³-hybridized carbons (Fsp3) is 0.688. The summed E-state index contributed by atoms with van der Waals surface area (Å²) in [5.41, 5.74) is 5.89. The van der Waals surface area contributed by atoms with Gasteiger partial charge in [0.2, 0.25) is 5.91 Å². The zero-order chi connectivity index (χ0) is 14.7. The first-order chi connectivity index (χ1) is 10.2. The van der Waals surface area contributed by atoms with E-state index >= 15 is 0 Å². The molecule has 1 aliphatic heterocycles. The lowest BCUT2D eigenvalue weighted by atomic mass is 9.75. The summed E-state index contributed by atoms with van der Waals surface area (Å²) < 4.78 is 5.56. The molecule has 3 rings (SSSR count). The van der Waals surface area contributed by atoms with Crippen molar-refractivity contribution >= 4 is 5.91 Å². The van der Waals surface area contributed by atoms with E-state index < -0.39 is 0 Å². The maximum atomic E-state index is 12.1. The third kappa shape index (κ3) is 3.47. The van der Waals surface area contributed by atoms with Gasteiger partial charge in [0, 0.05) is 18.5 Å². The number of hydrogen-bond acceptors (Lipinski definition) is 4. The van der Waals surface area contributed by atoms with E-state index in [9.17, 15) is 4.79 Å². The molecule has 1 aromatic heterocycles. The van der Waals surface area contributed by atoms with E-state index in [2.05, 4.69) is 10.2 Å². The van der Waals surface area contributed by atoms with Crippen LogP contribution in [0, 0.1) is 0 Å². The van der Waals surface area contributed by atoms with Gasteiger partial charge in [0.05, 0.1) is 12.3 Å². The van der Waals surface area contributed by atoms with Crippen molar-refractivity contribution in [2.75, 3.05) is 19.6 Å². The van der Waals surface area contributed by atoms with Crippen molar-refractivity contribution in [1.29, 1.82) is 0 Å². The summed E-state index contributed by atoms with van der Waals surface area (Å²) in [7, 11) is 0. The maximum absolute atomic E-state index is 12.1. The zero-order valence-electron chi connectivity index (χ0n) is 12.5. The van der Waals surface area contributed by atoms with Gasteiger partial charge in [-0.25, -0.2) is 0 Å². The lowest BCUT2D eigenvalue weighted by Gasteiger charge is -2.37. The Bertz CT molecular complexity index is 462. The topological polar surface area (TPSA) is 71.5 Å². The monoisotopic (exact) mass is 291 g/mol. The molecule has 5 heteroatoms. The van der Waals surface area contributed by atoms with Crippen LogP contribution in [0.5, 0.6) is 0 Å². The van der Waals surface area contributed by atoms with Crippen LogP contribution in [0.2, 0.25) is 0 Å². The fourth-order valence-corrected chi connectivity index (χ4v) is 3.34. The van der Waals surface area contributed by atoms with Crippen LogP contribution < -0.4 is 11.1 Å². The van der Waals surface area contributed by atoms with Crippen LogP contribution in [0.25, 0.3) is 0 Å². The van der Waals surface area contributed by atoms with Crippen LogP contribution in [0.1, 0.15) is 50.3 Å². The first-order valence-corrected chi connectivity index (χ1v) is 7.99. The SMILES string of the molecule is NC1(CC(=O)NCC(c2ccco2)N2CCCC2)CCC1. The van der Waals surface area contributed by atoms with E-state index in [-0.39, 0.29) is 17.5 Å². The van der Waals surface area contributed by atoms with E-state index in [1.54, 1.807) is 6.26 Å². The van der Waals surface area contributed by atoms with Crippen molar-refractivity contribution in [2.45, 2.75) is 50.1 Å². The largest absolute Gasteiger partial charge is 0.468 e. The molecule has 1 saturated carbocycles. The van der Waals surface area contributed by atoms with Gasteiger partial charge in [0.1, 0.15) is 5.76 Å². The lowest BCUT2D eigenvalue weighted by molar-refractivity contribution is -0.123. The highest BCUT2D eigenvalue weighted by molar-refractivity contribution is 5.77. The molecule has 0 bridgehead atoms. The Hall–Kier alpha value is -1.33. The van der Waals surface area contributed by atoms with Crippen molar-refractivity contribution < 1.29 is 9.21 Å². The second-order valence-corrected chi connectivity index (χ2v) is 6.47. The maximum Gasteiger partial charge on any atom is 0.221 e. The molecule has 2 fully saturated rings. The van der Waals surface area contributed by atoms with Crippen LogP contribution in [-0.4, -0.2) is 36.0 Å². The van der Waals surface area contributed by atoms with Gasteiger partial charge >= 0.3 is 0 Å². The molecule has 5 nitrogen and oxygen atoms in total. The van der Waals surface area contributed by atoms with Crippen LogP contribution in [0.15, 0.2) is 22.8 Å². The Balaban J connectivity index is 1.55. The molecular formula is C16H25N3O2. The smallest absolute Gasteiger partial charge is 0.221 e. The summed E-state index contributed by atoms with van der Waals surface area (Å²) in [5, 5.41) is 3.05. The molecule has 1 saturated heterocycles. The number of amides is 1. The predicted octanol–water partition coefficient (Wildman–Crippen LogP) is 1.80. The Labute approximate surface area is 125 Å². The Kier molecular flexibility index (Phi) is 4.31. The lowest BCUT2D eigenvalue weighted by Crippen LogP contribution is -2.50. The fourth-order valence-electron chi connectivity index (χ4n) is 3.34. The van der Waals surface area contributed by atoms with Gasteiger partial charge in [0.15, 0.2) is 0 Å². The molecule has 2 aliphatic rings. The second-order valence-electron chi connectivity index (χ2n) is 6.47. The number of carbonyl (C=O) groups is 1. The molecule has 1 unspecified atom stereocenters. The average molecular weight is 291 g/mol. The number of carbonyl (C=O) groups excluding carboxylic acids is 1. The molecule has 2 heterocycles. The number of likely N-dealkylation sites (tertiary alicyclic amines) is 1. The van der Waals surface area contributed by atoms with Crippen LogP contribution >= 0.6 is 0 Å². The number of rotatable bonds is 6. The molecule has 1 atom stereocenters.